The van der Waals surface area contributed by atoms with Crippen molar-refractivity contribution < 1.29 is 9.53 Å². The number of H-pyrrole nitrogens is 1. The van der Waals surface area contributed by atoms with Crippen molar-refractivity contribution in [3.8, 4) is 0 Å². The van der Waals surface area contributed by atoms with Crippen molar-refractivity contribution in [3.05, 3.63) is 17.7 Å². The number of nitrogens with zero attached hydrogens (tertiary/aromatic N) is 1. The van der Waals surface area contributed by atoms with Crippen molar-refractivity contribution in [1.82, 2.24) is 20.6 Å². The Labute approximate surface area is 131 Å². The number of imidazole rings is 1. The summed E-state index contributed by atoms with van der Waals surface area (Å²) in [6.45, 7) is 7.28. The Bertz CT molecular complexity index is 549. The number of aromatic amines is 1. The van der Waals surface area contributed by atoms with E-state index in [1.165, 1.54) is 11.4 Å². The van der Waals surface area contributed by atoms with Crippen LogP contribution in [0.1, 0.15) is 51.4 Å². The van der Waals surface area contributed by atoms with E-state index in [9.17, 15) is 4.79 Å². The zero-order chi connectivity index (χ0) is 15.8. The molecule has 122 valence electrons. The van der Waals surface area contributed by atoms with Gasteiger partial charge in [0.2, 0.25) is 0 Å². The highest BCUT2D eigenvalue weighted by Crippen LogP contribution is 2.43. The summed E-state index contributed by atoms with van der Waals surface area (Å²) in [4.78, 5) is 19.6. The largest absolute Gasteiger partial charge is 0.444 e. The van der Waals surface area contributed by atoms with Gasteiger partial charge in [0.1, 0.15) is 5.60 Å². The fraction of sp³-hybridized carbons (Fsp3) is 0.750. The van der Waals surface area contributed by atoms with Gasteiger partial charge in [-0.05, 0) is 46.0 Å². The molecule has 1 saturated carbocycles. The summed E-state index contributed by atoms with van der Waals surface area (Å²) in [5.74, 6) is 0.461. The maximum absolute atomic E-state index is 11.8. The first-order valence-corrected chi connectivity index (χ1v) is 8.13. The number of amides is 1. The number of hydrogen-bond acceptors (Lipinski definition) is 4. The molecule has 2 heterocycles. The topological polar surface area (TPSA) is 79.0 Å². The van der Waals surface area contributed by atoms with E-state index in [0.29, 0.717) is 12.5 Å². The van der Waals surface area contributed by atoms with Crippen molar-refractivity contribution in [2.45, 2.75) is 57.6 Å². The molecule has 0 saturated heterocycles. The maximum atomic E-state index is 11.8. The minimum atomic E-state index is -0.449. The lowest BCUT2D eigenvalue weighted by Gasteiger charge is -2.34. The van der Waals surface area contributed by atoms with Crippen LogP contribution in [0.2, 0.25) is 0 Å². The highest BCUT2D eigenvalue weighted by molar-refractivity contribution is 5.67. The van der Waals surface area contributed by atoms with Gasteiger partial charge in [-0.1, -0.05) is 0 Å². The molecular formula is C16H26N4O2. The van der Waals surface area contributed by atoms with E-state index < -0.39 is 5.60 Å². The molecule has 22 heavy (non-hydrogen) atoms. The molecule has 6 heteroatoms. The third-order valence-corrected chi connectivity index (χ3v) is 4.56. The van der Waals surface area contributed by atoms with E-state index in [-0.39, 0.29) is 11.6 Å². The molecule has 0 bridgehead atoms. The van der Waals surface area contributed by atoms with E-state index in [1.807, 2.05) is 20.8 Å². The summed E-state index contributed by atoms with van der Waals surface area (Å²) in [7, 11) is 0. The molecule has 1 amide bonds. The molecule has 1 aromatic heterocycles. The van der Waals surface area contributed by atoms with Crippen molar-refractivity contribution in [2.75, 3.05) is 13.1 Å². The van der Waals surface area contributed by atoms with Crippen LogP contribution in [0.4, 0.5) is 4.79 Å². The number of aromatic nitrogens is 2. The summed E-state index contributed by atoms with van der Waals surface area (Å²) >= 11 is 0. The Hall–Kier alpha value is -1.56. The highest BCUT2D eigenvalue weighted by Gasteiger charge is 2.44. The first-order valence-electron chi connectivity index (χ1n) is 8.13. The van der Waals surface area contributed by atoms with E-state index in [1.54, 1.807) is 6.33 Å². The zero-order valence-corrected chi connectivity index (χ0v) is 13.7. The Morgan fingerprint density at radius 2 is 2.36 bits per heavy atom. The fourth-order valence-electron chi connectivity index (χ4n) is 3.67. The first-order chi connectivity index (χ1) is 10.4. The number of hydrogen-bond donors (Lipinski definition) is 3. The number of nitrogens with one attached hydrogen (secondary N) is 3. The molecule has 0 aromatic carbocycles. The van der Waals surface area contributed by atoms with Crippen LogP contribution in [0, 0.1) is 5.92 Å². The van der Waals surface area contributed by atoms with Gasteiger partial charge in [0.05, 0.1) is 17.6 Å². The molecule has 1 aliphatic heterocycles. The molecule has 1 aliphatic carbocycles. The average molecular weight is 306 g/mol. The summed E-state index contributed by atoms with van der Waals surface area (Å²) in [5, 5.41) is 6.57. The minimum absolute atomic E-state index is 0.00609. The predicted molar refractivity (Wildman–Crippen MR) is 83.6 cm³/mol. The second-order valence-electron chi connectivity index (χ2n) is 7.48. The van der Waals surface area contributed by atoms with Gasteiger partial charge < -0.3 is 20.4 Å². The third-order valence-electron chi connectivity index (χ3n) is 4.56. The van der Waals surface area contributed by atoms with Crippen LogP contribution in [-0.4, -0.2) is 34.8 Å². The Balaban J connectivity index is 1.57. The standard InChI is InChI=1S/C16H26N4O2/c1-15(2,3)22-14(21)17-9-11-4-6-16(8-11)13-12(5-7-20-16)18-10-19-13/h10-11,20H,4-9H2,1-3H3,(H,17,21)(H,18,19). The second-order valence-corrected chi connectivity index (χ2v) is 7.48. The van der Waals surface area contributed by atoms with Gasteiger partial charge in [0.25, 0.3) is 0 Å². The molecule has 3 rings (SSSR count). The molecule has 1 aromatic rings. The lowest BCUT2D eigenvalue weighted by molar-refractivity contribution is 0.0518. The monoisotopic (exact) mass is 306 g/mol. The molecule has 1 fully saturated rings. The second kappa shape index (κ2) is 5.57. The average Bonchev–Trinajstić information content (AvgIpc) is 3.03. The molecule has 6 nitrogen and oxygen atoms in total. The van der Waals surface area contributed by atoms with Crippen molar-refractivity contribution in [2.24, 2.45) is 5.92 Å². The van der Waals surface area contributed by atoms with Crippen LogP contribution in [0.3, 0.4) is 0 Å². The Kier molecular flexibility index (Phi) is 3.89. The van der Waals surface area contributed by atoms with Crippen molar-refractivity contribution >= 4 is 6.09 Å². The van der Waals surface area contributed by atoms with Crippen molar-refractivity contribution in [3.63, 3.8) is 0 Å². The normalized spacial score (nSPS) is 27.7. The summed E-state index contributed by atoms with van der Waals surface area (Å²) in [6.07, 6.45) is 5.66. The molecular weight excluding hydrogens is 280 g/mol. The fourth-order valence-corrected chi connectivity index (χ4v) is 3.67. The van der Waals surface area contributed by atoms with Gasteiger partial charge in [-0.15, -0.1) is 0 Å². The lowest BCUT2D eigenvalue weighted by Crippen LogP contribution is -2.46. The predicted octanol–water partition coefficient (Wildman–Crippen LogP) is 2.08. The molecule has 2 unspecified atom stereocenters. The van der Waals surface area contributed by atoms with Crippen LogP contribution < -0.4 is 10.6 Å². The van der Waals surface area contributed by atoms with E-state index >= 15 is 0 Å². The molecule has 2 aliphatic rings. The quantitative estimate of drug-likeness (QED) is 0.781. The number of carbonyl (C=O) groups excluding carboxylic acids is 1. The number of alkyl carbamates (subject to hydrolysis) is 1. The van der Waals surface area contributed by atoms with Gasteiger partial charge >= 0.3 is 6.09 Å². The number of ether oxygens (including phenoxy) is 1. The molecule has 3 N–H and O–H groups in total. The van der Waals surface area contributed by atoms with E-state index in [2.05, 4.69) is 20.6 Å². The lowest BCUT2D eigenvalue weighted by atomic mass is 9.87. The van der Waals surface area contributed by atoms with E-state index in [4.69, 9.17) is 4.74 Å². The van der Waals surface area contributed by atoms with Crippen molar-refractivity contribution in [1.29, 1.82) is 0 Å². The van der Waals surface area contributed by atoms with Gasteiger partial charge in [-0.2, -0.15) is 0 Å². The molecule has 0 radical (unpaired) electrons. The summed E-state index contributed by atoms with van der Waals surface area (Å²) < 4.78 is 5.30. The first kappa shape index (κ1) is 15.3. The summed E-state index contributed by atoms with van der Waals surface area (Å²) in [6, 6.07) is 0. The van der Waals surface area contributed by atoms with Gasteiger partial charge in [0.15, 0.2) is 0 Å². The summed E-state index contributed by atoms with van der Waals surface area (Å²) in [5.41, 5.74) is 1.99. The van der Waals surface area contributed by atoms with Crippen LogP contribution in [0.15, 0.2) is 6.33 Å². The third kappa shape index (κ3) is 3.11. The van der Waals surface area contributed by atoms with Gasteiger partial charge in [0, 0.05) is 25.2 Å². The Morgan fingerprint density at radius 3 is 3.14 bits per heavy atom. The van der Waals surface area contributed by atoms with Gasteiger partial charge in [-0.3, -0.25) is 0 Å². The number of carbonyl (C=O) groups is 1. The van der Waals surface area contributed by atoms with Crippen LogP contribution in [0.25, 0.3) is 0 Å². The number of rotatable bonds is 2. The molecule has 1 spiro atoms. The Morgan fingerprint density at radius 1 is 1.55 bits per heavy atom. The highest BCUT2D eigenvalue weighted by atomic mass is 16.6. The van der Waals surface area contributed by atoms with Crippen LogP contribution >= 0.6 is 0 Å². The maximum Gasteiger partial charge on any atom is 0.407 e. The van der Waals surface area contributed by atoms with Gasteiger partial charge in [-0.25, -0.2) is 9.78 Å². The molecule has 2 atom stereocenters. The number of fused-ring (bicyclic) bond motifs is 2. The zero-order valence-electron chi connectivity index (χ0n) is 13.7. The van der Waals surface area contributed by atoms with E-state index in [0.717, 1.165) is 32.2 Å². The van der Waals surface area contributed by atoms with Crippen LogP contribution in [0.5, 0.6) is 0 Å². The SMILES string of the molecule is CC(C)(C)OC(=O)NCC1CCC2(C1)NCCc1[nH]cnc12. The minimum Gasteiger partial charge on any atom is -0.444 e. The van der Waals surface area contributed by atoms with Crippen LogP contribution in [-0.2, 0) is 16.7 Å². The smallest absolute Gasteiger partial charge is 0.407 e.